The number of nitrogens with zero attached hydrogens (tertiary/aromatic N) is 1. The summed E-state index contributed by atoms with van der Waals surface area (Å²) in [5.74, 6) is 1.72. The molecule has 0 aliphatic rings. The van der Waals surface area contributed by atoms with E-state index in [1.165, 1.54) is 0 Å². The first-order chi connectivity index (χ1) is 14.0. The number of amides is 1. The first kappa shape index (κ1) is 22.3. The summed E-state index contributed by atoms with van der Waals surface area (Å²) in [5.41, 5.74) is 2.07. The van der Waals surface area contributed by atoms with Crippen LogP contribution in [0, 0.1) is 0 Å². The molecule has 0 aromatic heterocycles. The highest BCUT2D eigenvalue weighted by Gasteiger charge is 2.16. The van der Waals surface area contributed by atoms with Crippen LogP contribution < -0.4 is 19.5 Å². The molecular weight excluding hydrogens is 368 g/mol. The Balaban J connectivity index is 1.96. The molecule has 2 aromatic rings. The van der Waals surface area contributed by atoms with Crippen molar-refractivity contribution in [3.63, 3.8) is 0 Å². The van der Waals surface area contributed by atoms with Crippen molar-refractivity contribution < 1.29 is 19.0 Å². The Morgan fingerprint density at radius 2 is 1.90 bits per heavy atom. The quantitative estimate of drug-likeness (QED) is 0.663. The number of benzene rings is 2. The van der Waals surface area contributed by atoms with Gasteiger partial charge in [-0.25, -0.2) is 0 Å². The maximum Gasteiger partial charge on any atom is 0.258 e. The molecule has 0 aliphatic heterocycles. The molecule has 0 bridgehead atoms. The van der Waals surface area contributed by atoms with Crippen LogP contribution in [-0.2, 0) is 4.79 Å². The number of allylic oxidation sites excluding steroid dienone is 1. The normalized spacial score (nSPS) is 12.1. The third-order valence-corrected chi connectivity index (χ3v) is 4.50. The number of nitrogens with one attached hydrogen (secondary N) is 1. The average molecular weight is 399 g/mol. The lowest BCUT2D eigenvalue weighted by atomic mass is 10.1. The average Bonchev–Trinajstić information content (AvgIpc) is 2.73. The van der Waals surface area contributed by atoms with Gasteiger partial charge < -0.3 is 24.4 Å². The largest absolute Gasteiger partial charge is 0.497 e. The van der Waals surface area contributed by atoms with Gasteiger partial charge in [-0.05, 0) is 56.4 Å². The van der Waals surface area contributed by atoms with Crippen LogP contribution in [0.5, 0.6) is 17.2 Å². The Labute approximate surface area is 173 Å². The van der Waals surface area contributed by atoms with Crippen LogP contribution in [-0.4, -0.2) is 52.3 Å². The van der Waals surface area contributed by atoms with Crippen molar-refractivity contribution >= 4 is 12.0 Å². The minimum absolute atomic E-state index is 0.0173. The summed E-state index contributed by atoms with van der Waals surface area (Å²) >= 11 is 0. The van der Waals surface area contributed by atoms with Gasteiger partial charge in [0.25, 0.3) is 5.91 Å². The molecule has 2 rings (SSSR count). The van der Waals surface area contributed by atoms with E-state index < -0.39 is 0 Å². The van der Waals surface area contributed by atoms with Crippen LogP contribution in [0.4, 0.5) is 0 Å². The number of rotatable bonds is 10. The van der Waals surface area contributed by atoms with Gasteiger partial charge >= 0.3 is 0 Å². The molecular formula is C23H30N2O4. The van der Waals surface area contributed by atoms with E-state index in [9.17, 15) is 4.79 Å². The topological polar surface area (TPSA) is 60.0 Å². The van der Waals surface area contributed by atoms with E-state index in [2.05, 4.69) is 10.2 Å². The van der Waals surface area contributed by atoms with Gasteiger partial charge in [0.05, 0.1) is 20.3 Å². The fourth-order valence-electron chi connectivity index (χ4n) is 2.95. The minimum atomic E-state index is -0.195. The molecule has 6 nitrogen and oxygen atoms in total. The summed E-state index contributed by atoms with van der Waals surface area (Å²) in [6.07, 6.45) is 3.92. The maximum atomic E-state index is 12.3. The fraction of sp³-hybridized carbons (Fsp3) is 0.348. The number of carbonyl (C=O) groups is 1. The number of ether oxygens (including phenoxy) is 3. The number of hydrogen-bond acceptors (Lipinski definition) is 5. The summed E-state index contributed by atoms with van der Waals surface area (Å²) in [7, 11) is 7.17. The molecule has 29 heavy (non-hydrogen) atoms. The van der Waals surface area contributed by atoms with E-state index in [-0.39, 0.29) is 18.6 Å². The monoisotopic (exact) mass is 398 g/mol. The van der Waals surface area contributed by atoms with Crippen molar-refractivity contribution in [1.29, 1.82) is 0 Å². The summed E-state index contributed by atoms with van der Waals surface area (Å²) in [4.78, 5) is 14.4. The Morgan fingerprint density at radius 1 is 1.10 bits per heavy atom. The molecule has 1 atom stereocenters. The van der Waals surface area contributed by atoms with Crippen molar-refractivity contribution in [2.45, 2.75) is 13.0 Å². The molecule has 2 aromatic carbocycles. The van der Waals surface area contributed by atoms with Gasteiger partial charge in [0.2, 0.25) is 0 Å². The standard InChI is InChI=1S/C23H30N2O4/c1-6-8-17-11-12-21(22(13-17)28-5)29-16-23(26)24-15-20(25(2)3)18-9-7-10-19(14-18)27-4/h6-14,20H,15-16H2,1-5H3,(H,24,26)/b8-6+. The predicted octanol–water partition coefficient (Wildman–Crippen LogP) is 3.53. The van der Waals surface area contributed by atoms with Gasteiger partial charge in [0.15, 0.2) is 18.1 Å². The molecule has 6 heteroatoms. The van der Waals surface area contributed by atoms with E-state index in [0.717, 1.165) is 16.9 Å². The van der Waals surface area contributed by atoms with Crippen molar-refractivity contribution in [1.82, 2.24) is 10.2 Å². The second kappa shape index (κ2) is 11.1. The molecule has 1 unspecified atom stereocenters. The minimum Gasteiger partial charge on any atom is -0.497 e. The zero-order chi connectivity index (χ0) is 21.2. The van der Waals surface area contributed by atoms with Crippen LogP contribution in [0.25, 0.3) is 6.08 Å². The Bertz CT molecular complexity index is 833. The molecule has 0 spiro atoms. The van der Waals surface area contributed by atoms with E-state index in [4.69, 9.17) is 14.2 Å². The SMILES string of the molecule is C/C=C/c1ccc(OCC(=O)NCC(c2cccc(OC)c2)N(C)C)c(OC)c1. The van der Waals surface area contributed by atoms with Crippen LogP contribution in [0.3, 0.4) is 0 Å². The number of carbonyl (C=O) groups excluding carboxylic acids is 1. The molecule has 0 saturated heterocycles. The fourth-order valence-corrected chi connectivity index (χ4v) is 2.95. The van der Waals surface area contributed by atoms with Crippen molar-refractivity contribution in [3.8, 4) is 17.2 Å². The second-order valence-corrected chi connectivity index (χ2v) is 6.76. The first-order valence-corrected chi connectivity index (χ1v) is 9.49. The Morgan fingerprint density at radius 3 is 2.55 bits per heavy atom. The lowest BCUT2D eigenvalue weighted by molar-refractivity contribution is -0.123. The van der Waals surface area contributed by atoms with E-state index >= 15 is 0 Å². The second-order valence-electron chi connectivity index (χ2n) is 6.76. The van der Waals surface area contributed by atoms with E-state index in [1.807, 2.05) is 69.6 Å². The van der Waals surface area contributed by atoms with Crippen molar-refractivity contribution in [2.24, 2.45) is 0 Å². The van der Waals surface area contributed by atoms with Gasteiger partial charge in [0.1, 0.15) is 5.75 Å². The smallest absolute Gasteiger partial charge is 0.258 e. The maximum absolute atomic E-state index is 12.3. The number of hydrogen-bond donors (Lipinski definition) is 1. The molecule has 1 N–H and O–H groups in total. The molecule has 1 amide bonds. The number of methoxy groups -OCH3 is 2. The molecule has 0 aliphatic carbocycles. The number of likely N-dealkylation sites (N-methyl/N-ethyl adjacent to an activating group) is 1. The van der Waals surface area contributed by atoms with E-state index in [1.54, 1.807) is 20.3 Å². The highest BCUT2D eigenvalue weighted by molar-refractivity contribution is 5.77. The van der Waals surface area contributed by atoms with Crippen molar-refractivity contribution in [2.75, 3.05) is 41.5 Å². The Hall–Kier alpha value is -2.99. The molecule has 0 saturated carbocycles. The van der Waals surface area contributed by atoms with Crippen molar-refractivity contribution in [3.05, 3.63) is 59.7 Å². The Kier molecular flexibility index (Phi) is 8.55. The van der Waals surface area contributed by atoms with Gasteiger partial charge in [-0.2, -0.15) is 0 Å². The molecule has 0 heterocycles. The summed E-state index contributed by atoms with van der Waals surface area (Å²) in [6, 6.07) is 13.5. The van der Waals surface area contributed by atoms with Crippen LogP contribution in [0.2, 0.25) is 0 Å². The molecule has 0 radical (unpaired) electrons. The zero-order valence-electron chi connectivity index (χ0n) is 17.8. The summed E-state index contributed by atoms with van der Waals surface area (Å²) in [6.45, 7) is 2.32. The van der Waals surface area contributed by atoms with Gasteiger partial charge in [-0.15, -0.1) is 0 Å². The van der Waals surface area contributed by atoms with Crippen LogP contribution in [0.15, 0.2) is 48.5 Å². The lowest BCUT2D eigenvalue weighted by Crippen LogP contribution is -2.36. The summed E-state index contributed by atoms with van der Waals surface area (Å²) < 4.78 is 16.3. The van der Waals surface area contributed by atoms with Gasteiger partial charge in [0, 0.05) is 6.54 Å². The highest BCUT2D eigenvalue weighted by atomic mass is 16.5. The lowest BCUT2D eigenvalue weighted by Gasteiger charge is -2.25. The molecule has 156 valence electrons. The summed E-state index contributed by atoms with van der Waals surface area (Å²) in [5, 5.41) is 2.94. The van der Waals surface area contributed by atoms with Gasteiger partial charge in [-0.1, -0.05) is 30.4 Å². The zero-order valence-corrected chi connectivity index (χ0v) is 17.8. The van der Waals surface area contributed by atoms with E-state index in [0.29, 0.717) is 18.0 Å². The van der Waals surface area contributed by atoms with Crippen LogP contribution >= 0.6 is 0 Å². The third kappa shape index (κ3) is 6.54. The van der Waals surface area contributed by atoms with Gasteiger partial charge in [-0.3, -0.25) is 4.79 Å². The first-order valence-electron chi connectivity index (χ1n) is 9.49. The van der Waals surface area contributed by atoms with Crippen LogP contribution in [0.1, 0.15) is 24.1 Å². The highest BCUT2D eigenvalue weighted by Crippen LogP contribution is 2.28. The third-order valence-electron chi connectivity index (χ3n) is 4.50. The predicted molar refractivity (Wildman–Crippen MR) is 116 cm³/mol. The molecule has 0 fully saturated rings.